The minimum atomic E-state index is -4.70. The van der Waals surface area contributed by atoms with Crippen LogP contribution in [0.15, 0.2) is 53.6 Å². The molecule has 3 heterocycles. The average Bonchev–Trinajstić information content (AvgIpc) is 2.94. The lowest BCUT2D eigenvalue weighted by atomic mass is 9.94. The van der Waals surface area contributed by atoms with Crippen molar-refractivity contribution in [1.82, 2.24) is 9.97 Å². The van der Waals surface area contributed by atoms with Gasteiger partial charge in [-0.05, 0) is 68.5 Å². The molecule has 3 aromatic rings. The van der Waals surface area contributed by atoms with E-state index < -0.39 is 27.7 Å². The Morgan fingerprint density at radius 1 is 0.977 bits per heavy atom. The van der Waals surface area contributed by atoms with Gasteiger partial charge in [0, 0.05) is 25.1 Å². The second-order valence-corrected chi connectivity index (χ2v) is 12.5. The summed E-state index contributed by atoms with van der Waals surface area (Å²) in [6.07, 6.45) is 2.80. The molecule has 0 radical (unpaired) electrons. The number of carboxylic acid groups (broad SMARTS) is 1. The number of sulfonamides is 1. The highest BCUT2D eigenvalue weighted by Gasteiger charge is 2.35. The number of benzene rings is 1. The van der Waals surface area contributed by atoms with Gasteiger partial charge in [-0.15, -0.1) is 0 Å². The highest BCUT2D eigenvalue weighted by Crippen LogP contribution is 2.39. The Morgan fingerprint density at radius 2 is 1.70 bits per heavy atom. The molecule has 4 bridgehead atoms. The smallest absolute Gasteiger partial charge is 0.418 e. The minimum absolute atomic E-state index is 0.0272. The number of halogens is 3. The summed E-state index contributed by atoms with van der Waals surface area (Å²) < 4.78 is 71.6. The lowest BCUT2D eigenvalue weighted by molar-refractivity contribution is -0.138. The van der Waals surface area contributed by atoms with Crippen LogP contribution in [0.2, 0.25) is 0 Å². The van der Waals surface area contributed by atoms with E-state index in [1.807, 2.05) is 17.0 Å². The Labute approximate surface area is 250 Å². The summed E-state index contributed by atoms with van der Waals surface area (Å²) in [6.45, 7) is 2.77. The van der Waals surface area contributed by atoms with Crippen LogP contribution >= 0.6 is 0 Å². The number of carboxylic acids is 1. The Hall–Kier alpha value is -3.67. The molecule has 0 saturated heterocycles. The van der Waals surface area contributed by atoms with E-state index in [2.05, 4.69) is 14.7 Å². The van der Waals surface area contributed by atoms with Gasteiger partial charge in [-0.25, -0.2) is 9.97 Å². The molecule has 0 atom stereocenters. The van der Waals surface area contributed by atoms with Crippen molar-refractivity contribution < 1.29 is 31.5 Å². The van der Waals surface area contributed by atoms with E-state index >= 15 is 0 Å². The molecule has 0 amide bonds. The quantitative estimate of drug-likeness (QED) is 0.317. The first-order chi connectivity index (χ1) is 20.4. The van der Waals surface area contributed by atoms with Crippen LogP contribution in [0.4, 0.5) is 24.8 Å². The molecule has 1 aliphatic heterocycles. The number of hydrogen-bond donors (Lipinski definition) is 2. The number of rotatable bonds is 4. The number of aromatic nitrogens is 2. The van der Waals surface area contributed by atoms with Gasteiger partial charge in [0.15, 0.2) is 5.03 Å². The summed E-state index contributed by atoms with van der Waals surface area (Å²) in [4.78, 5) is 21.5. The van der Waals surface area contributed by atoms with E-state index in [0.717, 1.165) is 68.2 Å². The van der Waals surface area contributed by atoms with E-state index in [4.69, 9.17) is 5.11 Å². The van der Waals surface area contributed by atoms with Crippen molar-refractivity contribution in [3.05, 3.63) is 65.2 Å². The predicted molar refractivity (Wildman–Crippen MR) is 160 cm³/mol. The van der Waals surface area contributed by atoms with E-state index in [-0.39, 0.29) is 23.0 Å². The molecule has 0 aliphatic carbocycles. The lowest BCUT2D eigenvalue weighted by Gasteiger charge is -2.24. The molecule has 43 heavy (non-hydrogen) atoms. The number of nitrogens with one attached hydrogen (secondary N) is 1. The summed E-state index contributed by atoms with van der Waals surface area (Å²) in [6, 6.07) is 11.7. The number of aliphatic carboxylic acids is 1. The molecule has 0 fully saturated rings. The van der Waals surface area contributed by atoms with Gasteiger partial charge in [0.2, 0.25) is 0 Å². The molecule has 0 saturated carbocycles. The van der Waals surface area contributed by atoms with Gasteiger partial charge in [-0.1, -0.05) is 55.9 Å². The zero-order valence-corrected chi connectivity index (χ0v) is 25.0. The van der Waals surface area contributed by atoms with Crippen LogP contribution in [0.1, 0.15) is 74.5 Å². The summed E-state index contributed by atoms with van der Waals surface area (Å²) in [5.41, 5.74) is 0.562. The van der Waals surface area contributed by atoms with E-state index in [1.165, 1.54) is 12.1 Å². The first-order valence-corrected chi connectivity index (χ1v) is 16.1. The number of pyridine rings is 2. The van der Waals surface area contributed by atoms with Crippen molar-refractivity contribution in [2.24, 2.45) is 0 Å². The van der Waals surface area contributed by atoms with Crippen molar-refractivity contribution >= 4 is 27.6 Å². The summed E-state index contributed by atoms with van der Waals surface area (Å²) >= 11 is 0. The third-order valence-electron chi connectivity index (χ3n) is 7.46. The maximum absolute atomic E-state index is 14.2. The van der Waals surface area contributed by atoms with Crippen LogP contribution in [0.3, 0.4) is 0 Å². The molecule has 1 aromatic carbocycles. The Kier molecular flexibility index (Phi) is 10.6. The zero-order chi connectivity index (χ0) is 31.0. The fraction of sp³-hybridized carbons (Fsp3) is 0.452. The SMILES string of the molecule is Cc1ccc2c(c1)-c1nc(ccc1C(F)(F)F)NS(=O)(=O)c1cccc(n1)N(CCCC(=O)O)CCCCCCCCC2. The van der Waals surface area contributed by atoms with Crippen molar-refractivity contribution in [3.8, 4) is 11.3 Å². The molecule has 0 spiro atoms. The van der Waals surface area contributed by atoms with Gasteiger partial charge >= 0.3 is 12.1 Å². The molecular weight excluding hydrogens is 581 g/mol. The Morgan fingerprint density at radius 3 is 2.42 bits per heavy atom. The van der Waals surface area contributed by atoms with Crippen molar-refractivity contribution in [1.29, 1.82) is 0 Å². The molecule has 1 aliphatic rings. The highest BCUT2D eigenvalue weighted by atomic mass is 32.2. The van der Waals surface area contributed by atoms with Crippen LogP contribution in [0.5, 0.6) is 0 Å². The topological polar surface area (TPSA) is 112 Å². The van der Waals surface area contributed by atoms with Gasteiger partial charge < -0.3 is 10.0 Å². The molecule has 2 aromatic heterocycles. The lowest BCUT2D eigenvalue weighted by Crippen LogP contribution is -2.28. The maximum Gasteiger partial charge on any atom is 0.418 e. The van der Waals surface area contributed by atoms with Gasteiger partial charge in [0.25, 0.3) is 10.0 Å². The first kappa shape index (κ1) is 32.2. The van der Waals surface area contributed by atoms with Gasteiger partial charge in [-0.3, -0.25) is 9.52 Å². The van der Waals surface area contributed by atoms with E-state index in [9.17, 15) is 26.4 Å². The molecule has 8 nitrogen and oxygen atoms in total. The van der Waals surface area contributed by atoms with Crippen LogP contribution < -0.4 is 9.62 Å². The van der Waals surface area contributed by atoms with Gasteiger partial charge in [0.05, 0.1) is 11.3 Å². The fourth-order valence-electron chi connectivity index (χ4n) is 5.26. The largest absolute Gasteiger partial charge is 0.481 e. The standard InChI is InChI=1S/C31H37F3N4O4S/c1-22-15-16-23-11-7-5-3-2-4-6-8-19-38(20-10-14-29(39)40)27-12-9-13-28(36-27)43(41,42)37-26-18-17-25(31(32,33)34)30(35-26)24(23)21-22/h9,12-13,15-18,21H,2-8,10-11,14,19-20H2,1H3,(H,35,37)(H,39,40). The van der Waals surface area contributed by atoms with E-state index in [0.29, 0.717) is 37.3 Å². The first-order valence-electron chi connectivity index (χ1n) is 14.6. The average molecular weight is 619 g/mol. The molecule has 4 rings (SSSR count). The number of hydrogen-bond acceptors (Lipinski definition) is 6. The molecular formula is C31H37F3N4O4S. The number of nitrogens with zero attached hydrogens (tertiary/aromatic N) is 3. The number of fused-ring (bicyclic) bond motifs is 6. The van der Waals surface area contributed by atoms with Crippen LogP contribution in [-0.2, 0) is 27.4 Å². The van der Waals surface area contributed by atoms with Gasteiger partial charge in [-0.2, -0.15) is 21.6 Å². The summed E-state index contributed by atoms with van der Waals surface area (Å²) in [5, 5.41) is 8.77. The van der Waals surface area contributed by atoms with Crippen molar-refractivity contribution in [2.45, 2.75) is 82.3 Å². The monoisotopic (exact) mass is 618 g/mol. The van der Waals surface area contributed by atoms with Crippen LogP contribution in [-0.4, -0.2) is 42.6 Å². The van der Waals surface area contributed by atoms with Crippen molar-refractivity contribution in [3.63, 3.8) is 0 Å². The third kappa shape index (κ3) is 8.92. The predicted octanol–water partition coefficient (Wildman–Crippen LogP) is 7.23. The van der Waals surface area contributed by atoms with Crippen LogP contribution in [0, 0.1) is 6.92 Å². The number of anilines is 2. The summed E-state index contributed by atoms with van der Waals surface area (Å²) in [5.74, 6) is -0.786. The third-order valence-corrected chi connectivity index (χ3v) is 8.72. The normalized spacial score (nSPS) is 16.5. The molecule has 0 unspecified atom stereocenters. The van der Waals surface area contributed by atoms with Gasteiger partial charge in [0.1, 0.15) is 11.6 Å². The molecule has 12 heteroatoms. The Balaban J connectivity index is 1.76. The zero-order valence-electron chi connectivity index (χ0n) is 24.2. The number of aryl methyl sites for hydroxylation is 2. The highest BCUT2D eigenvalue weighted by molar-refractivity contribution is 7.92. The van der Waals surface area contributed by atoms with Crippen LogP contribution in [0.25, 0.3) is 11.3 Å². The summed E-state index contributed by atoms with van der Waals surface area (Å²) in [7, 11) is -4.32. The van der Waals surface area contributed by atoms with E-state index in [1.54, 1.807) is 19.1 Å². The molecule has 232 valence electrons. The maximum atomic E-state index is 14.2. The fourth-order valence-corrected chi connectivity index (χ4v) is 6.23. The second-order valence-electron chi connectivity index (χ2n) is 10.9. The molecule has 2 N–H and O–H groups in total. The number of alkyl halides is 3. The number of carbonyl (C=O) groups is 1. The minimum Gasteiger partial charge on any atom is -0.481 e. The van der Waals surface area contributed by atoms with Crippen molar-refractivity contribution in [2.75, 3.05) is 22.7 Å². The second kappa shape index (κ2) is 14.2. The Bertz CT molecular complexity index is 1530.